The fourth-order valence-electron chi connectivity index (χ4n) is 5.20. The summed E-state index contributed by atoms with van der Waals surface area (Å²) in [6, 6.07) is 16.3. The van der Waals surface area contributed by atoms with Crippen LogP contribution in [-0.2, 0) is 12.0 Å². The highest BCUT2D eigenvalue weighted by molar-refractivity contribution is 7.23. The number of hydrogen-bond donors (Lipinski definition) is 2. The normalized spacial score (nSPS) is 16.2. The summed E-state index contributed by atoms with van der Waals surface area (Å²) in [7, 11) is 0. The van der Waals surface area contributed by atoms with Crippen LogP contribution in [0.1, 0.15) is 48.7 Å². The van der Waals surface area contributed by atoms with E-state index in [2.05, 4.69) is 44.4 Å². The molecule has 2 N–H and O–H groups in total. The molecule has 3 aromatic heterocycles. The molecule has 182 valence electrons. The Hall–Kier alpha value is -3.33. The van der Waals surface area contributed by atoms with E-state index in [1.165, 1.54) is 16.5 Å². The van der Waals surface area contributed by atoms with Crippen LogP contribution in [0.25, 0.3) is 31.8 Å². The molecule has 0 saturated heterocycles. The number of benzene rings is 2. The van der Waals surface area contributed by atoms with Crippen molar-refractivity contribution in [2.45, 2.75) is 45.2 Å². The van der Waals surface area contributed by atoms with Crippen molar-refractivity contribution in [2.75, 3.05) is 5.32 Å². The Bertz CT molecular complexity index is 1690. The van der Waals surface area contributed by atoms with Gasteiger partial charge in [0.05, 0.1) is 15.6 Å². The number of thiophene rings is 1. The number of amides is 1. The van der Waals surface area contributed by atoms with Gasteiger partial charge in [0.15, 0.2) is 11.2 Å². The zero-order valence-electron chi connectivity index (χ0n) is 20.4. The van der Waals surface area contributed by atoms with Crippen LogP contribution in [0.4, 0.5) is 5.00 Å². The van der Waals surface area contributed by atoms with Gasteiger partial charge in [0.2, 0.25) is 0 Å². The lowest BCUT2D eigenvalue weighted by Gasteiger charge is -2.42. The van der Waals surface area contributed by atoms with Gasteiger partial charge in [0, 0.05) is 27.6 Å². The van der Waals surface area contributed by atoms with Crippen LogP contribution in [0.3, 0.4) is 0 Å². The summed E-state index contributed by atoms with van der Waals surface area (Å²) in [4.78, 5) is 32.1. The lowest BCUT2D eigenvalue weighted by atomic mass is 9.81. The molecule has 0 saturated carbocycles. The van der Waals surface area contributed by atoms with Crippen LogP contribution in [0.15, 0.2) is 63.8 Å². The van der Waals surface area contributed by atoms with Crippen molar-refractivity contribution in [2.24, 2.45) is 0 Å². The van der Waals surface area contributed by atoms with E-state index in [-0.39, 0.29) is 22.3 Å². The Morgan fingerprint density at radius 1 is 1.06 bits per heavy atom. The first-order valence-corrected chi connectivity index (χ1v) is 13.4. The molecule has 0 unspecified atom stereocenters. The molecular weight excluding hydrogens is 490 g/mol. The summed E-state index contributed by atoms with van der Waals surface area (Å²) >= 11 is 3.18. The summed E-state index contributed by atoms with van der Waals surface area (Å²) in [6.07, 6.45) is 0.800. The van der Waals surface area contributed by atoms with Gasteiger partial charge >= 0.3 is 0 Å². The van der Waals surface area contributed by atoms with E-state index in [0.29, 0.717) is 16.0 Å². The second-order valence-corrected chi connectivity index (χ2v) is 12.4. The van der Waals surface area contributed by atoms with Gasteiger partial charge in [-0.05, 0) is 63.9 Å². The SMILES string of the molecule is CC1(C)Cc2c(sc(NC(=O)c3cc(=O)c4ccccc4o3)c2-c2nc3ccccc3s2)C(C)(C)N1. The third-order valence-corrected chi connectivity index (χ3v) is 8.96. The van der Waals surface area contributed by atoms with Crippen LogP contribution in [0.2, 0.25) is 0 Å². The quantitative estimate of drug-likeness (QED) is 0.285. The maximum absolute atomic E-state index is 13.4. The summed E-state index contributed by atoms with van der Waals surface area (Å²) < 4.78 is 6.91. The maximum Gasteiger partial charge on any atom is 0.292 e. The number of carbonyl (C=O) groups excluding carboxylic acids is 1. The largest absolute Gasteiger partial charge is 0.451 e. The first-order chi connectivity index (χ1) is 17.1. The number of para-hydroxylation sites is 2. The molecule has 0 aliphatic carbocycles. The fraction of sp³-hybridized carbons (Fsp3) is 0.250. The molecule has 5 aromatic rings. The second kappa shape index (κ2) is 8.09. The molecule has 0 spiro atoms. The molecule has 1 aliphatic heterocycles. The van der Waals surface area contributed by atoms with Gasteiger partial charge in [-0.15, -0.1) is 22.7 Å². The van der Waals surface area contributed by atoms with Gasteiger partial charge in [-0.2, -0.15) is 0 Å². The predicted octanol–water partition coefficient (Wildman–Crippen LogP) is 6.54. The number of thiazole rings is 1. The number of carbonyl (C=O) groups is 1. The average molecular weight is 516 g/mol. The van der Waals surface area contributed by atoms with Crippen LogP contribution in [0.5, 0.6) is 0 Å². The van der Waals surface area contributed by atoms with E-state index in [4.69, 9.17) is 9.40 Å². The molecule has 6 rings (SSSR count). The number of nitrogens with zero attached hydrogens (tertiary/aromatic N) is 1. The molecule has 0 fully saturated rings. The van der Waals surface area contributed by atoms with Gasteiger partial charge in [-0.1, -0.05) is 24.3 Å². The minimum atomic E-state index is -0.455. The minimum Gasteiger partial charge on any atom is -0.451 e. The summed E-state index contributed by atoms with van der Waals surface area (Å²) in [6.45, 7) is 8.72. The van der Waals surface area contributed by atoms with Crippen molar-refractivity contribution in [3.63, 3.8) is 0 Å². The standard InChI is InChI=1S/C28H25N3O3S2/c1-27(2)14-16-22(25-29-17-10-6-8-12-21(17)35-25)26(36-23(16)28(3,4)31-27)30-24(33)20-13-18(32)15-9-5-7-11-19(15)34-20/h5-13,31H,14H2,1-4H3,(H,30,33). The monoisotopic (exact) mass is 515 g/mol. The van der Waals surface area contributed by atoms with Crippen LogP contribution in [0, 0.1) is 0 Å². The van der Waals surface area contributed by atoms with Crippen LogP contribution >= 0.6 is 22.7 Å². The molecule has 36 heavy (non-hydrogen) atoms. The van der Waals surface area contributed by atoms with Crippen molar-refractivity contribution in [1.29, 1.82) is 0 Å². The molecule has 1 amide bonds. The number of anilines is 1. The lowest BCUT2D eigenvalue weighted by Crippen LogP contribution is -2.54. The van der Waals surface area contributed by atoms with Gasteiger partial charge < -0.3 is 15.1 Å². The third-order valence-electron chi connectivity index (χ3n) is 6.44. The Morgan fingerprint density at radius 3 is 2.61 bits per heavy atom. The molecule has 0 atom stereocenters. The molecule has 0 bridgehead atoms. The number of aromatic nitrogens is 1. The highest BCUT2D eigenvalue weighted by atomic mass is 32.1. The van der Waals surface area contributed by atoms with Crippen LogP contribution < -0.4 is 16.1 Å². The molecule has 0 radical (unpaired) electrons. The Kier molecular flexibility index (Phi) is 5.19. The fourth-order valence-corrected chi connectivity index (χ4v) is 7.58. The van der Waals surface area contributed by atoms with Crippen molar-refractivity contribution < 1.29 is 9.21 Å². The van der Waals surface area contributed by atoms with Gasteiger partial charge in [0.1, 0.15) is 15.6 Å². The molecule has 4 heterocycles. The van der Waals surface area contributed by atoms with E-state index in [9.17, 15) is 9.59 Å². The maximum atomic E-state index is 13.4. The first-order valence-electron chi connectivity index (χ1n) is 11.8. The lowest BCUT2D eigenvalue weighted by molar-refractivity contribution is 0.0997. The zero-order chi connectivity index (χ0) is 25.2. The van der Waals surface area contributed by atoms with Gasteiger partial charge in [-0.25, -0.2) is 4.98 Å². The number of nitrogens with one attached hydrogen (secondary N) is 2. The molecule has 2 aromatic carbocycles. The average Bonchev–Trinajstić information content (AvgIpc) is 3.39. The number of fused-ring (bicyclic) bond motifs is 3. The summed E-state index contributed by atoms with van der Waals surface area (Å²) in [5.41, 5.74) is 2.81. The van der Waals surface area contributed by atoms with E-state index in [0.717, 1.165) is 27.2 Å². The second-order valence-electron chi connectivity index (χ2n) is 10.3. The highest BCUT2D eigenvalue weighted by Gasteiger charge is 2.41. The Labute approximate surface area is 216 Å². The van der Waals surface area contributed by atoms with E-state index in [1.54, 1.807) is 46.9 Å². The molecule has 6 nitrogen and oxygen atoms in total. The van der Waals surface area contributed by atoms with Crippen molar-refractivity contribution >= 4 is 54.8 Å². The Balaban J connectivity index is 1.50. The third kappa shape index (κ3) is 3.86. The van der Waals surface area contributed by atoms with E-state index < -0.39 is 5.91 Å². The van der Waals surface area contributed by atoms with Crippen molar-refractivity contribution in [3.8, 4) is 10.6 Å². The van der Waals surface area contributed by atoms with Crippen molar-refractivity contribution in [3.05, 3.63) is 81.0 Å². The summed E-state index contributed by atoms with van der Waals surface area (Å²) in [5, 5.41) is 8.85. The topological polar surface area (TPSA) is 84.2 Å². The van der Waals surface area contributed by atoms with Crippen LogP contribution in [-0.4, -0.2) is 16.4 Å². The molecule has 1 aliphatic rings. The zero-order valence-corrected chi connectivity index (χ0v) is 22.0. The van der Waals surface area contributed by atoms with Gasteiger partial charge in [0.25, 0.3) is 5.91 Å². The smallest absolute Gasteiger partial charge is 0.292 e. The molecular formula is C28H25N3O3S2. The predicted molar refractivity (Wildman–Crippen MR) is 147 cm³/mol. The van der Waals surface area contributed by atoms with E-state index >= 15 is 0 Å². The van der Waals surface area contributed by atoms with E-state index in [1.807, 2.05) is 18.2 Å². The minimum absolute atomic E-state index is 0.0157. The van der Waals surface area contributed by atoms with Gasteiger partial charge in [-0.3, -0.25) is 9.59 Å². The number of rotatable bonds is 3. The number of hydrogen-bond acceptors (Lipinski definition) is 7. The highest BCUT2D eigenvalue weighted by Crippen LogP contribution is 2.50. The molecule has 8 heteroatoms. The first kappa shape index (κ1) is 23.1. The Morgan fingerprint density at radius 2 is 1.81 bits per heavy atom. The summed E-state index contributed by atoms with van der Waals surface area (Å²) in [5.74, 6) is -0.470. The van der Waals surface area contributed by atoms with Crippen molar-refractivity contribution in [1.82, 2.24) is 10.3 Å².